The second-order valence-electron chi connectivity index (χ2n) is 15.2. The molecule has 5 amide bonds. The molecule has 2 rings (SSSR count). The summed E-state index contributed by atoms with van der Waals surface area (Å²) in [5.74, 6) is -0.635. The van der Waals surface area contributed by atoms with Gasteiger partial charge >= 0.3 is 24.4 Å². The maximum Gasteiger partial charge on any atom is 0.410 e. The zero-order valence-corrected chi connectivity index (χ0v) is 32.0. The second kappa shape index (κ2) is 20.1. The first kappa shape index (κ1) is 43.2. The van der Waals surface area contributed by atoms with Crippen LogP contribution in [0.2, 0.25) is 0 Å². The number of hydrogen-bond donors (Lipinski definition) is 4. The number of nitrogens with zero attached hydrogens (tertiary/aromatic N) is 1. The predicted molar refractivity (Wildman–Crippen MR) is 196 cm³/mol. The Morgan fingerprint density at radius 3 is 1.69 bits per heavy atom. The number of nitrogens with one attached hydrogen (secondary N) is 4. The monoisotopic (exact) mass is 727 g/mol. The molecule has 0 heterocycles. The largest absolute Gasteiger partial charge is 0.445 e. The molecule has 2 aromatic carbocycles. The number of benzene rings is 2. The molecule has 0 fully saturated rings. The van der Waals surface area contributed by atoms with Gasteiger partial charge in [-0.1, -0.05) is 60.7 Å². The maximum atomic E-state index is 13.8. The van der Waals surface area contributed by atoms with Gasteiger partial charge in [0.2, 0.25) is 5.91 Å². The van der Waals surface area contributed by atoms with Crippen molar-refractivity contribution in [2.75, 3.05) is 19.6 Å². The van der Waals surface area contributed by atoms with Crippen molar-refractivity contribution in [3.8, 4) is 0 Å². The number of carbonyl (C=O) groups excluding carboxylic acids is 5. The van der Waals surface area contributed by atoms with E-state index in [4.69, 9.17) is 18.9 Å². The molecular weight excluding hydrogens is 670 g/mol. The van der Waals surface area contributed by atoms with Crippen molar-refractivity contribution in [1.29, 1.82) is 0 Å². The Morgan fingerprint density at radius 1 is 0.654 bits per heavy atom. The summed E-state index contributed by atoms with van der Waals surface area (Å²) in [6.45, 7) is 15.7. The first-order valence-electron chi connectivity index (χ1n) is 17.4. The third kappa shape index (κ3) is 18.3. The molecule has 0 bridgehead atoms. The second-order valence-corrected chi connectivity index (χ2v) is 15.2. The van der Waals surface area contributed by atoms with E-state index >= 15 is 0 Å². The Labute approximate surface area is 307 Å². The summed E-state index contributed by atoms with van der Waals surface area (Å²) in [7, 11) is 0. The van der Waals surface area contributed by atoms with Crippen LogP contribution in [0.5, 0.6) is 0 Å². The number of ether oxygens (including phenoxy) is 4. The Balaban J connectivity index is 2.21. The number of rotatable bonds is 15. The molecule has 0 spiro atoms. The lowest BCUT2D eigenvalue weighted by Gasteiger charge is -2.37. The van der Waals surface area contributed by atoms with Crippen LogP contribution in [0, 0.1) is 0 Å². The lowest BCUT2D eigenvalue weighted by atomic mass is 10.1. The standard InChI is InChI=1S/C38H57N5O9/c1-36(2,3)43(35(48)50-26-28-19-14-11-15-20-28)24-30(42-33(46)49-25-27-17-12-10-13-18-27)31(44)40-23-29(41-34(47)52-38(7,8)9)21-16-22-39-32(45)51-37(4,5)6/h10-15,17-20,29-30H,16,21-26H2,1-9H3,(H,39,45)(H,40,44)(H,41,47)(H,42,46)/t29-,30-/m0/s1. The molecule has 14 nitrogen and oxygen atoms in total. The van der Waals surface area contributed by atoms with E-state index in [1.54, 1.807) is 74.4 Å². The maximum absolute atomic E-state index is 13.8. The summed E-state index contributed by atoms with van der Waals surface area (Å²) in [6.07, 6.45) is -2.05. The quantitative estimate of drug-likeness (QED) is 0.126. The van der Waals surface area contributed by atoms with E-state index in [-0.39, 0.29) is 32.8 Å². The lowest BCUT2D eigenvalue weighted by Crippen LogP contribution is -2.58. The lowest BCUT2D eigenvalue weighted by molar-refractivity contribution is -0.123. The molecule has 52 heavy (non-hydrogen) atoms. The molecule has 0 radical (unpaired) electrons. The Morgan fingerprint density at radius 2 is 1.17 bits per heavy atom. The highest BCUT2D eigenvalue weighted by Gasteiger charge is 2.34. The number of amides is 5. The molecule has 0 aliphatic rings. The third-order valence-corrected chi connectivity index (χ3v) is 7.06. The predicted octanol–water partition coefficient (Wildman–Crippen LogP) is 6.03. The van der Waals surface area contributed by atoms with Crippen molar-refractivity contribution < 1.29 is 42.9 Å². The van der Waals surface area contributed by atoms with E-state index in [2.05, 4.69) is 21.3 Å². The van der Waals surface area contributed by atoms with Gasteiger partial charge in [0, 0.05) is 24.7 Å². The fourth-order valence-corrected chi connectivity index (χ4v) is 4.60. The van der Waals surface area contributed by atoms with E-state index in [0.717, 1.165) is 11.1 Å². The van der Waals surface area contributed by atoms with Crippen LogP contribution in [-0.2, 0) is 37.0 Å². The molecule has 0 unspecified atom stereocenters. The van der Waals surface area contributed by atoms with E-state index in [1.807, 2.05) is 48.5 Å². The average molecular weight is 728 g/mol. The first-order chi connectivity index (χ1) is 24.2. The Hall–Kier alpha value is -5.01. The zero-order chi connectivity index (χ0) is 39.0. The van der Waals surface area contributed by atoms with Crippen LogP contribution in [0.4, 0.5) is 19.2 Å². The molecule has 288 valence electrons. The number of carbonyl (C=O) groups is 5. The number of hydrogen-bond acceptors (Lipinski definition) is 9. The van der Waals surface area contributed by atoms with E-state index in [9.17, 15) is 24.0 Å². The van der Waals surface area contributed by atoms with E-state index in [1.165, 1.54) is 4.90 Å². The van der Waals surface area contributed by atoms with Gasteiger partial charge in [-0.05, 0) is 86.3 Å². The summed E-state index contributed by atoms with van der Waals surface area (Å²) in [6, 6.07) is 16.3. The van der Waals surface area contributed by atoms with Gasteiger partial charge < -0.3 is 45.1 Å². The van der Waals surface area contributed by atoms with Crippen molar-refractivity contribution in [1.82, 2.24) is 26.2 Å². The minimum absolute atomic E-state index is 0.0104. The Bertz CT molecular complexity index is 1430. The fraction of sp³-hybridized carbons (Fsp3) is 0.553. The van der Waals surface area contributed by atoms with Gasteiger partial charge in [0.05, 0.1) is 6.54 Å². The van der Waals surface area contributed by atoms with Crippen molar-refractivity contribution in [2.45, 2.75) is 117 Å². The van der Waals surface area contributed by atoms with Crippen LogP contribution >= 0.6 is 0 Å². The molecule has 4 N–H and O–H groups in total. The van der Waals surface area contributed by atoms with Gasteiger partial charge in [-0.15, -0.1) is 0 Å². The normalized spacial score (nSPS) is 12.7. The SMILES string of the molecule is CC(C)(C)OC(=O)NCCC[C@@H](CNC(=O)[C@H](CN(C(=O)OCc1ccccc1)C(C)(C)C)NC(=O)OCc1ccccc1)NC(=O)OC(C)(C)C. The average Bonchev–Trinajstić information content (AvgIpc) is 3.03. The van der Waals surface area contributed by atoms with Crippen molar-refractivity contribution >= 4 is 30.3 Å². The van der Waals surface area contributed by atoms with Crippen LogP contribution in [0.25, 0.3) is 0 Å². The Kier molecular flexibility index (Phi) is 16.7. The summed E-state index contributed by atoms with van der Waals surface area (Å²) in [4.78, 5) is 66.4. The van der Waals surface area contributed by atoms with Crippen LogP contribution in [-0.4, -0.2) is 83.6 Å². The molecular formula is C38H57N5O9. The third-order valence-electron chi connectivity index (χ3n) is 7.06. The van der Waals surface area contributed by atoms with Gasteiger partial charge in [-0.3, -0.25) is 4.79 Å². The first-order valence-corrected chi connectivity index (χ1v) is 17.4. The summed E-state index contributed by atoms with van der Waals surface area (Å²) in [5, 5.41) is 10.8. The fourth-order valence-electron chi connectivity index (χ4n) is 4.60. The summed E-state index contributed by atoms with van der Waals surface area (Å²) in [5.41, 5.74) is -0.710. The summed E-state index contributed by atoms with van der Waals surface area (Å²) < 4.78 is 21.7. The van der Waals surface area contributed by atoms with Crippen LogP contribution in [0.1, 0.15) is 86.3 Å². The highest BCUT2D eigenvalue weighted by Crippen LogP contribution is 2.17. The van der Waals surface area contributed by atoms with Crippen molar-refractivity contribution in [2.24, 2.45) is 0 Å². The van der Waals surface area contributed by atoms with Gasteiger partial charge in [-0.25, -0.2) is 19.2 Å². The number of alkyl carbamates (subject to hydrolysis) is 3. The minimum atomic E-state index is -1.28. The molecule has 0 aliphatic heterocycles. The highest BCUT2D eigenvalue weighted by molar-refractivity contribution is 5.86. The molecule has 0 aliphatic carbocycles. The van der Waals surface area contributed by atoms with Gasteiger partial charge in [0.25, 0.3) is 0 Å². The van der Waals surface area contributed by atoms with E-state index < -0.39 is 59.1 Å². The van der Waals surface area contributed by atoms with Gasteiger partial charge in [0.15, 0.2) is 0 Å². The molecule has 14 heteroatoms. The van der Waals surface area contributed by atoms with Crippen molar-refractivity contribution in [3.63, 3.8) is 0 Å². The smallest absolute Gasteiger partial charge is 0.410 e. The minimum Gasteiger partial charge on any atom is -0.445 e. The van der Waals surface area contributed by atoms with Crippen molar-refractivity contribution in [3.05, 3.63) is 71.8 Å². The molecule has 0 aromatic heterocycles. The van der Waals surface area contributed by atoms with Crippen LogP contribution in [0.15, 0.2) is 60.7 Å². The molecule has 0 saturated heterocycles. The highest BCUT2D eigenvalue weighted by atomic mass is 16.6. The zero-order valence-electron chi connectivity index (χ0n) is 32.0. The van der Waals surface area contributed by atoms with Crippen LogP contribution < -0.4 is 21.3 Å². The van der Waals surface area contributed by atoms with E-state index in [0.29, 0.717) is 12.8 Å². The molecule has 0 saturated carbocycles. The topological polar surface area (TPSA) is 174 Å². The van der Waals surface area contributed by atoms with Gasteiger partial charge in [-0.2, -0.15) is 0 Å². The molecule has 2 aromatic rings. The van der Waals surface area contributed by atoms with Crippen LogP contribution in [0.3, 0.4) is 0 Å². The molecule has 2 atom stereocenters. The van der Waals surface area contributed by atoms with Gasteiger partial charge in [0.1, 0.15) is 30.5 Å². The summed E-state index contributed by atoms with van der Waals surface area (Å²) >= 11 is 0.